The molecule has 2 N–H and O–H groups in total. The van der Waals surface area contributed by atoms with E-state index < -0.39 is 18.8 Å². The number of rotatable bonds is 5. The van der Waals surface area contributed by atoms with E-state index in [0.717, 1.165) is 0 Å². The Balaban J connectivity index is 2.44. The Morgan fingerprint density at radius 2 is 1.90 bits per heavy atom. The van der Waals surface area contributed by atoms with Crippen molar-refractivity contribution in [3.05, 3.63) is 27.7 Å². The monoisotopic (exact) mass is 331 g/mol. The first-order valence-corrected chi connectivity index (χ1v) is 6.02. The number of hydrogen-bond donors (Lipinski definition) is 1. The predicted molar refractivity (Wildman–Crippen MR) is 68.0 cm³/mol. The molecule has 4 nitrogen and oxygen atoms in total. The third-order valence-electron chi connectivity index (χ3n) is 2.02. The first-order valence-electron chi connectivity index (χ1n) is 5.27. The van der Waals surface area contributed by atoms with E-state index in [4.69, 9.17) is 33.7 Å². The van der Waals surface area contributed by atoms with Gasteiger partial charge in [-0.2, -0.15) is 13.2 Å². The summed E-state index contributed by atoms with van der Waals surface area (Å²) in [5.74, 6) is -0.786. The Morgan fingerprint density at radius 1 is 1.25 bits per heavy atom. The van der Waals surface area contributed by atoms with E-state index in [9.17, 15) is 18.0 Å². The molecule has 0 saturated heterocycles. The zero-order valence-electron chi connectivity index (χ0n) is 9.97. The summed E-state index contributed by atoms with van der Waals surface area (Å²) in [4.78, 5) is 11.6. The molecule has 9 heteroatoms. The minimum atomic E-state index is -4.41. The Hall–Kier alpha value is -1.18. The lowest BCUT2D eigenvalue weighted by Crippen LogP contribution is -2.19. The number of carbonyl (C=O) groups is 1. The highest BCUT2D eigenvalue weighted by molar-refractivity contribution is 6.43. The van der Waals surface area contributed by atoms with Crippen molar-refractivity contribution in [2.75, 3.05) is 25.6 Å². The van der Waals surface area contributed by atoms with Gasteiger partial charge in [-0.15, -0.1) is 0 Å². The summed E-state index contributed by atoms with van der Waals surface area (Å²) >= 11 is 11.4. The number of hydrogen-bond acceptors (Lipinski definition) is 4. The van der Waals surface area contributed by atoms with Gasteiger partial charge in [0, 0.05) is 0 Å². The van der Waals surface area contributed by atoms with Crippen molar-refractivity contribution in [3.63, 3.8) is 0 Å². The van der Waals surface area contributed by atoms with Gasteiger partial charge in [0.15, 0.2) is 0 Å². The predicted octanol–water partition coefficient (Wildman–Crippen LogP) is 3.31. The summed E-state index contributed by atoms with van der Waals surface area (Å²) in [6, 6.07) is 2.51. The summed E-state index contributed by atoms with van der Waals surface area (Å²) in [5, 5.41) is 0.184. The molecule has 1 rings (SSSR count). The lowest BCUT2D eigenvalue weighted by atomic mass is 10.2. The number of benzene rings is 1. The number of anilines is 1. The van der Waals surface area contributed by atoms with Gasteiger partial charge in [-0.25, -0.2) is 4.79 Å². The summed E-state index contributed by atoms with van der Waals surface area (Å²) < 4.78 is 44.3. The Morgan fingerprint density at radius 3 is 2.45 bits per heavy atom. The van der Waals surface area contributed by atoms with Crippen molar-refractivity contribution in [1.29, 1.82) is 0 Å². The fourth-order valence-electron chi connectivity index (χ4n) is 1.19. The zero-order valence-corrected chi connectivity index (χ0v) is 11.5. The molecular formula is C11H10Cl2F3NO3. The maximum absolute atomic E-state index is 11.8. The van der Waals surface area contributed by atoms with Crippen LogP contribution in [-0.4, -0.2) is 32.0 Å². The third-order valence-corrected chi connectivity index (χ3v) is 2.84. The van der Waals surface area contributed by atoms with E-state index in [2.05, 4.69) is 4.74 Å². The van der Waals surface area contributed by atoms with Crippen LogP contribution < -0.4 is 5.73 Å². The molecular weight excluding hydrogens is 322 g/mol. The van der Waals surface area contributed by atoms with E-state index in [1.165, 1.54) is 12.1 Å². The third kappa shape index (κ3) is 5.44. The van der Waals surface area contributed by atoms with Gasteiger partial charge in [-0.05, 0) is 12.1 Å². The first kappa shape index (κ1) is 16.9. The van der Waals surface area contributed by atoms with Crippen LogP contribution in [-0.2, 0) is 9.47 Å². The quantitative estimate of drug-likeness (QED) is 0.510. The largest absolute Gasteiger partial charge is 0.460 e. The number of halogens is 5. The van der Waals surface area contributed by atoms with Crippen molar-refractivity contribution in [2.24, 2.45) is 0 Å². The van der Waals surface area contributed by atoms with Crippen molar-refractivity contribution in [2.45, 2.75) is 6.18 Å². The molecule has 0 amide bonds. The van der Waals surface area contributed by atoms with Crippen LogP contribution in [0, 0.1) is 0 Å². The molecule has 0 aliphatic heterocycles. The summed E-state index contributed by atoms with van der Waals surface area (Å²) in [7, 11) is 0. The molecule has 112 valence electrons. The summed E-state index contributed by atoms with van der Waals surface area (Å²) in [6.07, 6.45) is -4.41. The van der Waals surface area contributed by atoms with Gasteiger partial charge in [0.05, 0.1) is 27.9 Å². The van der Waals surface area contributed by atoms with Gasteiger partial charge in [0.1, 0.15) is 13.2 Å². The maximum atomic E-state index is 11.8. The number of alkyl halides is 3. The number of nitrogens with two attached hydrogens (primary N) is 1. The van der Waals surface area contributed by atoms with Crippen molar-refractivity contribution in [1.82, 2.24) is 0 Å². The molecule has 0 aliphatic rings. The van der Waals surface area contributed by atoms with Gasteiger partial charge in [-0.1, -0.05) is 23.2 Å². The Labute approximate surface area is 122 Å². The Kier molecular flexibility index (Phi) is 5.91. The highest BCUT2D eigenvalue weighted by Crippen LogP contribution is 2.29. The molecule has 1 aromatic carbocycles. The van der Waals surface area contributed by atoms with Gasteiger partial charge in [0.2, 0.25) is 0 Å². The van der Waals surface area contributed by atoms with Crippen LogP contribution in [0.15, 0.2) is 12.1 Å². The highest BCUT2D eigenvalue weighted by Gasteiger charge is 2.27. The molecule has 0 aliphatic carbocycles. The maximum Gasteiger partial charge on any atom is 0.411 e. The van der Waals surface area contributed by atoms with Crippen LogP contribution in [0.2, 0.25) is 10.0 Å². The minimum Gasteiger partial charge on any atom is -0.460 e. The van der Waals surface area contributed by atoms with Gasteiger partial charge < -0.3 is 15.2 Å². The smallest absolute Gasteiger partial charge is 0.411 e. The van der Waals surface area contributed by atoms with Gasteiger partial charge >= 0.3 is 12.1 Å². The summed E-state index contributed by atoms with van der Waals surface area (Å²) in [6.45, 7) is -2.10. The van der Waals surface area contributed by atoms with Crippen LogP contribution in [0.4, 0.5) is 18.9 Å². The second-order valence-electron chi connectivity index (χ2n) is 3.66. The molecule has 0 fully saturated rings. The van der Waals surface area contributed by atoms with E-state index in [0.29, 0.717) is 0 Å². The van der Waals surface area contributed by atoms with E-state index >= 15 is 0 Å². The fourth-order valence-corrected chi connectivity index (χ4v) is 1.53. The normalized spacial score (nSPS) is 11.4. The number of nitrogen functional groups attached to an aromatic ring is 1. The molecule has 0 saturated carbocycles. The molecule has 0 aromatic heterocycles. The van der Waals surface area contributed by atoms with E-state index in [1.807, 2.05) is 0 Å². The minimum absolute atomic E-state index is 0.0488. The number of carbonyl (C=O) groups excluding carboxylic acids is 1. The van der Waals surface area contributed by atoms with E-state index in [1.54, 1.807) is 0 Å². The van der Waals surface area contributed by atoms with Crippen LogP contribution in [0.25, 0.3) is 0 Å². The molecule has 20 heavy (non-hydrogen) atoms. The zero-order chi connectivity index (χ0) is 15.3. The van der Waals surface area contributed by atoms with Crippen molar-refractivity contribution < 1.29 is 27.4 Å². The molecule has 0 radical (unpaired) electrons. The van der Waals surface area contributed by atoms with Crippen molar-refractivity contribution >= 4 is 34.9 Å². The van der Waals surface area contributed by atoms with Gasteiger partial charge in [-0.3, -0.25) is 0 Å². The summed E-state index contributed by atoms with van der Waals surface area (Å²) in [5.41, 5.74) is 5.66. The fraction of sp³-hybridized carbons (Fsp3) is 0.364. The number of ether oxygens (including phenoxy) is 2. The second kappa shape index (κ2) is 7.01. The van der Waals surface area contributed by atoms with Crippen LogP contribution >= 0.6 is 23.2 Å². The molecule has 1 aromatic rings. The lowest BCUT2D eigenvalue weighted by Gasteiger charge is -2.09. The molecule has 0 unspecified atom stereocenters. The molecule has 0 atom stereocenters. The SMILES string of the molecule is Nc1cc(C(=O)OCCOCC(F)(F)F)cc(Cl)c1Cl. The topological polar surface area (TPSA) is 61.6 Å². The molecule has 0 heterocycles. The van der Waals surface area contributed by atoms with Crippen LogP contribution in [0.5, 0.6) is 0 Å². The standard InChI is InChI=1S/C11H10Cl2F3NO3/c12-7-3-6(4-8(17)9(7)13)10(18)20-2-1-19-5-11(14,15)16/h3-4H,1-2,5,17H2. The average molecular weight is 332 g/mol. The van der Waals surface area contributed by atoms with Crippen LogP contribution in [0.3, 0.4) is 0 Å². The molecule has 0 bridgehead atoms. The first-order chi connectivity index (χ1) is 9.20. The highest BCUT2D eigenvalue weighted by atomic mass is 35.5. The average Bonchev–Trinajstić information content (AvgIpc) is 2.33. The molecule has 0 spiro atoms. The van der Waals surface area contributed by atoms with Gasteiger partial charge in [0.25, 0.3) is 0 Å². The van der Waals surface area contributed by atoms with Crippen molar-refractivity contribution in [3.8, 4) is 0 Å². The Bertz CT molecular complexity index is 471. The second-order valence-corrected chi connectivity index (χ2v) is 4.45. The van der Waals surface area contributed by atoms with E-state index in [-0.39, 0.29) is 34.5 Å². The van der Waals surface area contributed by atoms with Crippen LogP contribution in [0.1, 0.15) is 10.4 Å². The lowest BCUT2D eigenvalue weighted by molar-refractivity contribution is -0.175. The number of esters is 1.